The molecule has 3 rings (SSSR count). The minimum atomic E-state index is -2.97. The molecule has 7 heteroatoms. The van der Waals surface area contributed by atoms with E-state index in [0.29, 0.717) is 0 Å². The monoisotopic (exact) mass is 320 g/mol. The van der Waals surface area contributed by atoms with E-state index in [9.17, 15) is 17.6 Å². The Hall–Kier alpha value is -3.01. The molecule has 0 fully saturated rings. The fraction of sp³-hybridized carbons (Fsp3) is 0.0625. The van der Waals surface area contributed by atoms with Crippen LogP contribution in [0.4, 0.5) is 23.2 Å². The van der Waals surface area contributed by atoms with Crippen molar-refractivity contribution in [1.82, 2.24) is 4.98 Å². The summed E-state index contributed by atoms with van der Waals surface area (Å²) >= 11 is 0. The quantitative estimate of drug-likeness (QED) is 0.485. The van der Waals surface area contributed by atoms with Gasteiger partial charge in [-0.1, -0.05) is 0 Å². The van der Waals surface area contributed by atoms with Gasteiger partial charge in [0.15, 0.2) is 11.6 Å². The van der Waals surface area contributed by atoms with Crippen molar-refractivity contribution in [3.05, 3.63) is 65.1 Å². The van der Waals surface area contributed by atoms with Gasteiger partial charge in [-0.3, -0.25) is 0 Å². The van der Waals surface area contributed by atoms with E-state index >= 15 is 0 Å². The van der Waals surface area contributed by atoms with E-state index in [1.807, 2.05) is 0 Å². The van der Waals surface area contributed by atoms with Crippen LogP contribution in [0.2, 0.25) is 0 Å². The minimum Gasteiger partial charge on any atom is -0.455 e. The Morgan fingerprint density at radius 3 is 2.57 bits per heavy atom. The molecule has 0 bridgehead atoms. The van der Waals surface area contributed by atoms with E-state index < -0.39 is 29.4 Å². The molecule has 0 spiro atoms. The number of aromatic nitrogens is 1. The number of fused-ring (bicyclic) bond motifs is 1. The highest BCUT2D eigenvalue weighted by molar-refractivity contribution is 5.86. The summed E-state index contributed by atoms with van der Waals surface area (Å²) in [5.41, 5.74) is -0.731. The van der Waals surface area contributed by atoms with Gasteiger partial charge < -0.3 is 9.72 Å². The van der Waals surface area contributed by atoms with Crippen LogP contribution in [0.25, 0.3) is 15.7 Å². The molecule has 0 aliphatic carbocycles. The molecule has 0 amide bonds. The van der Waals surface area contributed by atoms with Crippen molar-refractivity contribution < 1.29 is 22.3 Å². The number of H-pyrrole nitrogens is 1. The number of ether oxygens (including phenoxy) is 1. The maximum Gasteiger partial charge on any atom is 0.268 e. The predicted octanol–water partition coefficient (Wildman–Crippen LogP) is 5.73. The zero-order valence-corrected chi connectivity index (χ0v) is 11.4. The van der Waals surface area contributed by atoms with Gasteiger partial charge in [0.25, 0.3) is 6.43 Å². The van der Waals surface area contributed by atoms with Crippen LogP contribution in [0.1, 0.15) is 12.0 Å². The number of hydrogen-bond acceptors (Lipinski definition) is 1. The summed E-state index contributed by atoms with van der Waals surface area (Å²) in [6.07, 6.45) is -1.56. The molecule has 1 heterocycles. The Balaban J connectivity index is 2.14. The van der Waals surface area contributed by atoms with Crippen LogP contribution in [0.3, 0.4) is 0 Å². The zero-order chi connectivity index (χ0) is 16.6. The Bertz CT molecular complexity index is 928. The van der Waals surface area contributed by atoms with Crippen LogP contribution < -0.4 is 4.74 Å². The first kappa shape index (κ1) is 14.9. The standard InChI is InChI=1S/C16H8F4N2O/c1-21-13-6-8(2-3-10(13)17)23-15-11(18)7-12-9(4-5-22-12)14(15)16(19)20/h2-7,16,22H. The summed E-state index contributed by atoms with van der Waals surface area (Å²) in [6, 6.07) is 5.55. The Kier molecular flexibility index (Phi) is 3.66. The van der Waals surface area contributed by atoms with Gasteiger partial charge in [0, 0.05) is 23.2 Å². The molecule has 0 aliphatic rings. The van der Waals surface area contributed by atoms with E-state index in [2.05, 4.69) is 9.83 Å². The summed E-state index contributed by atoms with van der Waals surface area (Å²) in [6.45, 7) is 6.83. The van der Waals surface area contributed by atoms with E-state index in [0.717, 1.165) is 24.3 Å². The molecule has 3 nitrogen and oxygen atoms in total. The van der Waals surface area contributed by atoms with Crippen LogP contribution in [0.5, 0.6) is 11.5 Å². The van der Waals surface area contributed by atoms with Gasteiger partial charge in [0.2, 0.25) is 5.69 Å². The largest absolute Gasteiger partial charge is 0.455 e. The van der Waals surface area contributed by atoms with Crippen LogP contribution >= 0.6 is 0 Å². The number of nitrogens with zero attached hydrogens (tertiary/aromatic N) is 1. The number of benzene rings is 2. The number of alkyl halides is 2. The average Bonchev–Trinajstić information content (AvgIpc) is 2.96. The summed E-state index contributed by atoms with van der Waals surface area (Å²) in [7, 11) is 0. The predicted molar refractivity (Wildman–Crippen MR) is 75.9 cm³/mol. The molecule has 0 unspecified atom stereocenters. The molecule has 0 saturated heterocycles. The lowest BCUT2D eigenvalue weighted by atomic mass is 10.1. The highest BCUT2D eigenvalue weighted by Crippen LogP contribution is 2.40. The molecule has 0 atom stereocenters. The molecule has 3 aromatic rings. The first-order valence-corrected chi connectivity index (χ1v) is 6.43. The topological polar surface area (TPSA) is 29.4 Å². The molecule has 0 aliphatic heterocycles. The maximum absolute atomic E-state index is 14.2. The number of nitrogens with one attached hydrogen (secondary N) is 1. The second kappa shape index (κ2) is 5.65. The molecule has 0 saturated carbocycles. The van der Waals surface area contributed by atoms with Crippen molar-refractivity contribution >= 4 is 16.6 Å². The zero-order valence-electron chi connectivity index (χ0n) is 11.4. The van der Waals surface area contributed by atoms with Gasteiger partial charge in [-0.25, -0.2) is 22.4 Å². The van der Waals surface area contributed by atoms with Gasteiger partial charge in [-0.2, -0.15) is 0 Å². The smallest absolute Gasteiger partial charge is 0.268 e. The van der Waals surface area contributed by atoms with Crippen molar-refractivity contribution in [2.24, 2.45) is 0 Å². The van der Waals surface area contributed by atoms with E-state index in [-0.39, 0.29) is 22.3 Å². The minimum absolute atomic E-state index is 0.104. The number of halogens is 4. The number of hydrogen-bond donors (Lipinski definition) is 1. The molecule has 23 heavy (non-hydrogen) atoms. The number of aromatic amines is 1. The van der Waals surface area contributed by atoms with Gasteiger partial charge in [0.1, 0.15) is 11.6 Å². The van der Waals surface area contributed by atoms with E-state index in [4.69, 9.17) is 11.3 Å². The van der Waals surface area contributed by atoms with Gasteiger partial charge in [-0.05, 0) is 24.3 Å². The second-order valence-corrected chi connectivity index (χ2v) is 4.67. The molecule has 1 N–H and O–H groups in total. The second-order valence-electron chi connectivity index (χ2n) is 4.67. The molecule has 2 aromatic carbocycles. The van der Waals surface area contributed by atoms with Crippen LogP contribution in [0.15, 0.2) is 36.5 Å². The fourth-order valence-electron chi connectivity index (χ4n) is 2.26. The summed E-state index contributed by atoms with van der Waals surface area (Å²) in [5, 5.41) is 0.129. The summed E-state index contributed by atoms with van der Waals surface area (Å²) < 4.78 is 59.4. The molecule has 1 aromatic heterocycles. The third-order valence-corrected chi connectivity index (χ3v) is 3.28. The van der Waals surface area contributed by atoms with Gasteiger partial charge in [-0.15, -0.1) is 0 Å². The maximum atomic E-state index is 14.2. The molecular weight excluding hydrogens is 312 g/mol. The SMILES string of the molecule is [C-]#[N+]c1cc(Oc2c(F)cc3[nH]ccc3c2C(F)F)ccc1F. The molecule has 116 valence electrons. The van der Waals surface area contributed by atoms with Crippen molar-refractivity contribution in [2.45, 2.75) is 6.43 Å². The highest BCUT2D eigenvalue weighted by Gasteiger charge is 2.23. The molecule has 0 radical (unpaired) electrons. The van der Waals surface area contributed by atoms with Gasteiger partial charge in [0.05, 0.1) is 12.1 Å². The third-order valence-electron chi connectivity index (χ3n) is 3.28. The normalized spacial score (nSPS) is 11.0. The average molecular weight is 320 g/mol. The summed E-state index contributed by atoms with van der Waals surface area (Å²) in [5.74, 6) is -2.50. The lowest BCUT2D eigenvalue weighted by Crippen LogP contribution is -1.97. The lowest BCUT2D eigenvalue weighted by Gasteiger charge is -2.13. The Labute approximate surface area is 127 Å². The van der Waals surface area contributed by atoms with Crippen molar-refractivity contribution in [3.8, 4) is 11.5 Å². The lowest BCUT2D eigenvalue weighted by molar-refractivity contribution is 0.149. The fourth-order valence-corrected chi connectivity index (χ4v) is 2.26. The van der Waals surface area contributed by atoms with Crippen molar-refractivity contribution in [1.29, 1.82) is 0 Å². The van der Waals surface area contributed by atoms with E-state index in [1.165, 1.54) is 12.3 Å². The Morgan fingerprint density at radius 1 is 1.09 bits per heavy atom. The first-order valence-electron chi connectivity index (χ1n) is 6.43. The van der Waals surface area contributed by atoms with Crippen LogP contribution in [0, 0.1) is 18.2 Å². The van der Waals surface area contributed by atoms with Crippen molar-refractivity contribution in [2.75, 3.05) is 0 Å². The third kappa shape index (κ3) is 2.59. The first-order chi connectivity index (χ1) is 11.0. The Morgan fingerprint density at radius 2 is 1.87 bits per heavy atom. The highest BCUT2D eigenvalue weighted by atomic mass is 19.3. The van der Waals surface area contributed by atoms with Gasteiger partial charge >= 0.3 is 0 Å². The van der Waals surface area contributed by atoms with Crippen LogP contribution in [-0.4, -0.2) is 4.98 Å². The molecular formula is C16H8F4N2O. The number of rotatable bonds is 3. The summed E-state index contributed by atoms with van der Waals surface area (Å²) in [4.78, 5) is 5.60. The van der Waals surface area contributed by atoms with Crippen LogP contribution in [-0.2, 0) is 0 Å². The van der Waals surface area contributed by atoms with Crippen molar-refractivity contribution in [3.63, 3.8) is 0 Å². The van der Waals surface area contributed by atoms with E-state index in [1.54, 1.807) is 0 Å².